The predicted octanol–water partition coefficient (Wildman–Crippen LogP) is 5.30. The molecular formula is C16H29ClN2OSSi. The highest BCUT2D eigenvalue weighted by atomic mass is 35.7. The summed E-state index contributed by atoms with van der Waals surface area (Å²) in [6, 6.07) is 7.98. The van der Waals surface area contributed by atoms with E-state index in [9.17, 15) is 4.21 Å². The van der Waals surface area contributed by atoms with Crippen molar-refractivity contribution in [3.05, 3.63) is 29.8 Å². The van der Waals surface area contributed by atoms with Crippen LogP contribution in [0.2, 0.25) is 18.1 Å². The van der Waals surface area contributed by atoms with Crippen LogP contribution in [0.1, 0.15) is 39.3 Å². The minimum atomic E-state index is -2.87. The van der Waals surface area contributed by atoms with Crippen LogP contribution in [0.3, 0.4) is 0 Å². The van der Waals surface area contributed by atoms with Crippen molar-refractivity contribution < 1.29 is 4.21 Å². The van der Waals surface area contributed by atoms with Gasteiger partial charge < -0.3 is 4.90 Å². The average Bonchev–Trinajstić information content (AvgIpc) is 2.35. The van der Waals surface area contributed by atoms with Crippen LogP contribution < -0.4 is 0 Å². The summed E-state index contributed by atoms with van der Waals surface area (Å²) < 4.78 is 17.5. The van der Waals surface area contributed by atoms with Crippen molar-refractivity contribution >= 4 is 27.9 Å². The van der Waals surface area contributed by atoms with Gasteiger partial charge >= 0.3 is 0 Å². The Hall–Kier alpha value is -0.363. The van der Waals surface area contributed by atoms with Gasteiger partial charge in [-0.25, -0.2) is 4.21 Å². The number of benzene rings is 1. The standard InChI is InChI=1S/C16H29ClN2OSSi/c1-13(19(5)6)14-9-11-15(12-10-14)21(17,20)18-22(7,8)16(2,3)4/h9-13H,1-8H3. The monoisotopic (exact) mass is 360 g/mol. The van der Waals surface area contributed by atoms with Crippen LogP contribution in [0.5, 0.6) is 0 Å². The Morgan fingerprint density at radius 1 is 1.18 bits per heavy atom. The van der Waals surface area contributed by atoms with Gasteiger partial charge in [-0.1, -0.05) is 32.9 Å². The number of rotatable bonds is 4. The van der Waals surface area contributed by atoms with Crippen molar-refractivity contribution in [1.29, 1.82) is 0 Å². The summed E-state index contributed by atoms with van der Waals surface area (Å²) in [6.07, 6.45) is 0. The van der Waals surface area contributed by atoms with Gasteiger partial charge in [0.1, 0.15) is 0 Å². The Morgan fingerprint density at radius 2 is 1.64 bits per heavy atom. The summed E-state index contributed by atoms with van der Waals surface area (Å²) in [7, 11) is 5.47. The summed E-state index contributed by atoms with van der Waals surface area (Å²) in [5.74, 6) is 0. The van der Waals surface area contributed by atoms with E-state index in [-0.39, 0.29) is 5.04 Å². The summed E-state index contributed by atoms with van der Waals surface area (Å²) in [5.41, 5.74) is 1.17. The fraction of sp³-hybridized carbons (Fsp3) is 0.625. The van der Waals surface area contributed by atoms with Crippen LogP contribution in [0, 0.1) is 0 Å². The molecule has 2 atom stereocenters. The molecular weight excluding hydrogens is 332 g/mol. The number of hydrogen-bond acceptors (Lipinski definition) is 3. The molecule has 0 N–H and O–H groups in total. The molecule has 3 nitrogen and oxygen atoms in total. The maximum Gasteiger partial charge on any atom is 0.194 e. The molecule has 1 aromatic carbocycles. The van der Waals surface area contributed by atoms with Gasteiger partial charge in [0, 0.05) is 16.7 Å². The van der Waals surface area contributed by atoms with Gasteiger partial charge in [0.25, 0.3) is 0 Å². The number of halogens is 1. The van der Waals surface area contributed by atoms with Gasteiger partial charge in [0.05, 0.1) is 4.90 Å². The van der Waals surface area contributed by atoms with Crippen molar-refractivity contribution in [2.24, 2.45) is 4.03 Å². The maximum absolute atomic E-state index is 12.9. The van der Waals surface area contributed by atoms with Crippen LogP contribution in [-0.2, 0) is 8.94 Å². The smallest absolute Gasteiger partial charge is 0.194 e. The summed E-state index contributed by atoms with van der Waals surface area (Å²) in [4.78, 5) is 2.74. The molecule has 0 aliphatic carbocycles. The number of nitrogens with zero attached hydrogens (tertiary/aromatic N) is 2. The minimum Gasteiger partial charge on any atom is -0.303 e. The van der Waals surface area contributed by atoms with E-state index >= 15 is 0 Å². The third-order valence-electron chi connectivity index (χ3n) is 4.61. The van der Waals surface area contributed by atoms with Crippen LogP contribution in [0.4, 0.5) is 0 Å². The van der Waals surface area contributed by atoms with Gasteiger partial charge in [0.2, 0.25) is 0 Å². The second kappa shape index (κ2) is 6.63. The average molecular weight is 361 g/mol. The zero-order chi connectivity index (χ0) is 17.3. The van der Waals surface area contributed by atoms with E-state index in [4.69, 9.17) is 10.7 Å². The molecule has 0 spiro atoms. The Morgan fingerprint density at radius 3 is 2.00 bits per heavy atom. The highest BCUT2D eigenvalue weighted by molar-refractivity contribution is 8.16. The van der Waals surface area contributed by atoms with E-state index < -0.39 is 17.2 Å². The summed E-state index contributed by atoms with van der Waals surface area (Å²) in [6.45, 7) is 12.8. The van der Waals surface area contributed by atoms with E-state index in [0.717, 1.165) is 0 Å². The molecule has 1 rings (SSSR count). The van der Waals surface area contributed by atoms with Crippen molar-refractivity contribution in [3.63, 3.8) is 0 Å². The first-order valence-electron chi connectivity index (χ1n) is 7.52. The van der Waals surface area contributed by atoms with Crippen LogP contribution in [-0.4, -0.2) is 31.4 Å². The minimum absolute atomic E-state index is 0.0178. The van der Waals surface area contributed by atoms with E-state index in [1.807, 2.05) is 38.4 Å². The van der Waals surface area contributed by atoms with Gasteiger partial charge in [0.15, 0.2) is 17.2 Å². The summed E-state index contributed by atoms with van der Waals surface area (Å²) >= 11 is 0. The first-order chi connectivity index (χ1) is 9.78. The summed E-state index contributed by atoms with van der Waals surface area (Å²) in [5, 5.41) is 0.0178. The van der Waals surface area contributed by atoms with Crippen LogP contribution >= 0.6 is 10.7 Å². The molecule has 0 saturated heterocycles. The molecule has 126 valence electrons. The van der Waals surface area contributed by atoms with Crippen molar-refractivity contribution in [2.75, 3.05) is 14.1 Å². The third-order valence-corrected chi connectivity index (χ3v) is 13.1. The molecule has 0 aromatic heterocycles. The maximum atomic E-state index is 12.9. The zero-order valence-electron chi connectivity index (χ0n) is 15.0. The van der Waals surface area contributed by atoms with E-state index in [1.54, 1.807) is 0 Å². The van der Waals surface area contributed by atoms with E-state index in [0.29, 0.717) is 10.9 Å². The molecule has 0 bridgehead atoms. The molecule has 0 aliphatic rings. The largest absolute Gasteiger partial charge is 0.303 e. The molecule has 0 heterocycles. The molecule has 2 unspecified atom stereocenters. The van der Waals surface area contributed by atoms with Crippen LogP contribution in [0.15, 0.2) is 33.2 Å². The van der Waals surface area contributed by atoms with Crippen molar-refractivity contribution in [1.82, 2.24) is 4.90 Å². The molecule has 0 fully saturated rings. The number of hydrogen-bond donors (Lipinski definition) is 0. The molecule has 0 saturated carbocycles. The fourth-order valence-electron chi connectivity index (χ4n) is 1.70. The molecule has 0 radical (unpaired) electrons. The predicted molar refractivity (Wildman–Crippen MR) is 100 cm³/mol. The zero-order valence-corrected chi connectivity index (χ0v) is 17.5. The lowest BCUT2D eigenvalue weighted by atomic mass is 10.1. The molecule has 6 heteroatoms. The van der Waals surface area contributed by atoms with Gasteiger partial charge in [-0.15, -0.1) is 0 Å². The molecule has 0 aliphatic heterocycles. The molecule has 22 heavy (non-hydrogen) atoms. The van der Waals surface area contributed by atoms with E-state index in [1.165, 1.54) is 5.56 Å². The Kier molecular flexibility index (Phi) is 5.93. The SMILES string of the molecule is CC(c1ccc(S(=O)(Cl)=N[Si](C)(C)C(C)(C)C)cc1)N(C)C. The first-order valence-corrected chi connectivity index (χ1v) is 12.8. The third kappa shape index (κ3) is 4.57. The van der Waals surface area contributed by atoms with Gasteiger partial charge in [-0.05, 0) is 56.8 Å². The van der Waals surface area contributed by atoms with Crippen molar-refractivity contribution in [3.8, 4) is 0 Å². The fourth-order valence-corrected chi connectivity index (χ4v) is 7.89. The molecule has 0 amide bonds. The second-order valence-corrected chi connectivity index (χ2v) is 15.6. The highest BCUT2D eigenvalue weighted by Crippen LogP contribution is 2.39. The lowest BCUT2D eigenvalue weighted by Crippen LogP contribution is -2.35. The molecule has 1 aromatic rings. The second-order valence-electron chi connectivity index (χ2n) is 7.57. The normalized spacial score (nSPS) is 17.2. The van der Waals surface area contributed by atoms with E-state index in [2.05, 4.69) is 49.7 Å². The Bertz CT molecular complexity index is 627. The highest BCUT2D eigenvalue weighted by Gasteiger charge is 2.37. The van der Waals surface area contributed by atoms with Crippen molar-refractivity contribution in [2.45, 2.75) is 56.8 Å². The lowest BCUT2D eigenvalue weighted by Gasteiger charge is -2.32. The lowest BCUT2D eigenvalue weighted by molar-refractivity contribution is 0.321. The quantitative estimate of drug-likeness (QED) is 0.539. The van der Waals surface area contributed by atoms with Gasteiger partial charge in [-0.3, -0.25) is 4.03 Å². The van der Waals surface area contributed by atoms with Gasteiger partial charge in [-0.2, -0.15) is 0 Å². The first kappa shape index (κ1) is 19.7. The Balaban J connectivity index is 3.22. The topological polar surface area (TPSA) is 32.7 Å². The Labute approximate surface area is 141 Å². The van der Waals surface area contributed by atoms with Crippen LogP contribution in [0.25, 0.3) is 0 Å².